The van der Waals surface area contributed by atoms with Gasteiger partial charge in [0.25, 0.3) is 0 Å². The molecule has 1 N–H and O–H groups in total. The molecule has 1 saturated heterocycles. The highest BCUT2D eigenvalue weighted by Gasteiger charge is 2.17. The van der Waals surface area contributed by atoms with E-state index in [0.717, 1.165) is 0 Å². The van der Waals surface area contributed by atoms with Crippen LogP contribution in [0.5, 0.6) is 0 Å². The molecule has 2 rings (SSSR count). The van der Waals surface area contributed by atoms with Gasteiger partial charge in [0, 0.05) is 32.9 Å². The van der Waals surface area contributed by atoms with Crippen molar-refractivity contribution in [2.45, 2.75) is 0 Å². The number of hydrogen-bond acceptors (Lipinski definition) is 4. The van der Waals surface area contributed by atoms with E-state index in [1.54, 1.807) is 34.3 Å². The molecule has 7 heteroatoms. The van der Waals surface area contributed by atoms with Crippen LogP contribution in [-0.4, -0.2) is 62.6 Å². The van der Waals surface area contributed by atoms with Crippen molar-refractivity contribution >= 4 is 23.7 Å². The molecule has 2 amide bonds. The Morgan fingerprint density at radius 3 is 2.82 bits per heavy atom. The Morgan fingerprint density at radius 2 is 2.18 bits per heavy atom. The van der Waals surface area contributed by atoms with Gasteiger partial charge in [0.15, 0.2) is 0 Å². The molecule has 1 aliphatic heterocycles. The molecule has 0 spiro atoms. The summed E-state index contributed by atoms with van der Waals surface area (Å²) in [6.07, 6.45) is 1.63. The van der Waals surface area contributed by atoms with Crippen molar-refractivity contribution in [1.29, 1.82) is 5.26 Å². The summed E-state index contributed by atoms with van der Waals surface area (Å²) in [6.45, 7) is 2.24. The third-order valence-corrected chi connectivity index (χ3v) is 3.09. The molecule has 0 radical (unpaired) electrons. The van der Waals surface area contributed by atoms with E-state index in [0.29, 0.717) is 43.2 Å². The topological polar surface area (TPSA) is 81.0 Å². The number of rotatable bonds is 3. The number of carbonyl (C=O) groups is 1. The first kappa shape index (κ1) is 15.8. The van der Waals surface area contributed by atoms with Gasteiger partial charge in [-0.05, 0) is 18.2 Å². The lowest BCUT2D eigenvalue weighted by molar-refractivity contribution is 0.0564. The molecule has 22 heavy (non-hydrogen) atoms. The van der Waals surface area contributed by atoms with Crippen LogP contribution in [-0.2, 0) is 4.74 Å². The first-order valence-corrected chi connectivity index (χ1v) is 6.98. The van der Waals surface area contributed by atoms with Crippen molar-refractivity contribution in [3.8, 4) is 6.07 Å². The monoisotopic (exact) mass is 301 g/mol. The molecule has 1 heterocycles. The number of urea groups is 1. The lowest BCUT2D eigenvalue weighted by Gasteiger charge is -2.26. The van der Waals surface area contributed by atoms with E-state index >= 15 is 0 Å². The molecule has 1 aliphatic rings. The summed E-state index contributed by atoms with van der Waals surface area (Å²) in [5, 5.41) is 12.0. The Balaban J connectivity index is 2.09. The van der Waals surface area contributed by atoms with Gasteiger partial charge in [-0.1, -0.05) is 0 Å². The van der Waals surface area contributed by atoms with Gasteiger partial charge in [0.05, 0.1) is 30.8 Å². The second-order valence-corrected chi connectivity index (χ2v) is 5.08. The molecule has 0 atom stereocenters. The number of aliphatic imine (C=N–C) groups is 1. The van der Waals surface area contributed by atoms with Gasteiger partial charge >= 0.3 is 6.03 Å². The number of morpholine rings is 1. The zero-order valence-corrected chi connectivity index (χ0v) is 12.7. The fraction of sp³-hybridized carbons (Fsp3) is 0.400. The van der Waals surface area contributed by atoms with Crippen molar-refractivity contribution in [2.24, 2.45) is 4.99 Å². The number of nitrogens with zero attached hydrogens (tertiary/aromatic N) is 4. The van der Waals surface area contributed by atoms with Crippen LogP contribution in [0.25, 0.3) is 0 Å². The summed E-state index contributed by atoms with van der Waals surface area (Å²) in [5.41, 5.74) is 1.57. The average Bonchev–Trinajstić information content (AvgIpc) is 2.54. The van der Waals surface area contributed by atoms with E-state index < -0.39 is 0 Å². The molecule has 116 valence electrons. The molecular weight excluding hydrogens is 282 g/mol. The Kier molecular flexibility index (Phi) is 5.33. The number of hydrogen-bond donors (Lipinski definition) is 1. The molecule has 7 nitrogen and oxygen atoms in total. The van der Waals surface area contributed by atoms with Gasteiger partial charge in [0.2, 0.25) is 0 Å². The Hall–Kier alpha value is -2.59. The lowest BCUT2D eigenvalue weighted by Crippen LogP contribution is -2.43. The van der Waals surface area contributed by atoms with E-state index in [1.165, 1.54) is 0 Å². The van der Waals surface area contributed by atoms with E-state index in [1.807, 2.05) is 14.1 Å². The number of ether oxygens (including phenoxy) is 1. The molecule has 0 aliphatic carbocycles. The van der Waals surface area contributed by atoms with Gasteiger partial charge in [-0.2, -0.15) is 5.26 Å². The third kappa shape index (κ3) is 4.20. The van der Waals surface area contributed by atoms with E-state index in [4.69, 9.17) is 4.74 Å². The van der Waals surface area contributed by atoms with Crippen molar-refractivity contribution in [1.82, 2.24) is 9.80 Å². The maximum Gasteiger partial charge on any atom is 0.322 e. The molecule has 0 unspecified atom stereocenters. The quantitative estimate of drug-likeness (QED) is 0.680. The first-order valence-electron chi connectivity index (χ1n) is 6.98. The summed E-state index contributed by atoms with van der Waals surface area (Å²) < 4.78 is 5.21. The minimum Gasteiger partial charge on any atom is -0.378 e. The molecule has 1 fully saturated rings. The molecular formula is C15H19N5O2. The summed E-state index contributed by atoms with van der Waals surface area (Å²) in [4.78, 5) is 19.8. The number of benzene rings is 1. The van der Waals surface area contributed by atoms with Crippen LogP contribution in [0.1, 0.15) is 5.56 Å². The van der Waals surface area contributed by atoms with Crippen LogP contribution in [0.15, 0.2) is 23.2 Å². The Labute approximate surface area is 129 Å². The van der Waals surface area contributed by atoms with Crippen LogP contribution in [0.4, 0.5) is 16.2 Å². The fourth-order valence-corrected chi connectivity index (χ4v) is 1.96. The zero-order chi connectivity index (χ0) is 15.9. The molecule has 0 saturated carbocycles. The van der Waals surface area contributed by atoms with Crippen molar-refractivity contribution < 1.29 is 9.53 Å². The standard InChI is InChI=1S/C15H19N5O2/c1-19(2)11-17-14-4-3-13(9-12(14)10-16)18-15(21)20-5-7-22-8-6-20/h3-4,9,11H,5-8H2,1-2H3,(H,18,21). The highest BCUT2D eigenvalue weighted by molar-refractivity contribution is 5.90. The highest BCUT2D eigenvalue weighted by Crippen LogP contribution is 2.22. The van der Waals surface area contributed by atoms with Gasteiger partial charge in [-0.3, -0.25) is 0 Å². The summed E-state index contributed by atoms with van der Waals surface area (Å²) in [6, 6.07) is 6.99. The molecule has 1 aromatic carbocycles. The van der Waals surface area contributed by atoms with Crippen LogP contribution in [0.3, 0.4) is 0 Å². The van der Waals surface area contributed by atoms with E-state index in [9.17, 15) is 10.1 Å². The second kappa shape index (κ2) is 7.43. The highest BCUT2D eigenvalue weighted by atomic mass is 16.5. The predicted octanol–water partition coefficient (Wildman–Crippen LogP) is 1.64. The average molecular weight is 301 g/mol. The number of nitrogens with one attached hydrogen (secondary N) is 1. The molecule has 0 aromatic heterocycles. The smallest absolute Gasteiger partial charge is 0.322 e. The van der Waals surface area contributed by atoms with Crippen LogP contribution in [0.2, 0.25) is 0 Å². The maximum absolute atomic E-state index is 12.1. The van der Waals surface area contributed by atoms with E-state index in [-0.39, 0.29) is 6.03 Å². The summed E-state index contributed by atoms with van der Waals surface area (Å²) in [5.74, 6) is 0. The fourth-order valence-electron chi connectivity index (χ4n) is 1.96. The minimum atomic E-state index is -0.184. The normalized spacial score (nSPS) is 14.7. The summed E-state index contributed by atoms with van der Waals surface area (Å²) in [7, 11) is 3.71. The minimum absolute atomic E-state index is 0.184. The Morgan fingerprint density at radius 1 is 1.45 bits per heavy atom. The largest absolute Gasteiger partial charge is 0.378 e. The second-order valence-electron chi connectivity index (χ2n) is 5.08. The van der Waals surface area contributed by atoms with Gasteiger partial charge in [0.1, 0.15) is 6.07 Å². The third-order valence-electron chi connectivity index (χ3n) is 3.09. The molecule has 0 bridgehead atoms. The zero-order valence-electron chi connectivity index (χ0n) is 12.7. The molecule has 1 aromatic rings. The van der Waals surface area contributed by atoms with Crippen LogP contribution < -0.4 is 5.32 Å². The summed E-state index contributed by atoms with van der Waals surface area (Å²) >= 11 is 0. The SMILES string of the molecule is CN(C)C=Nc1ccc(NC(=O)N2CCOCC2)cc1C#N. The van der Waals surface area contributed by atoms with Gasteiger partial charge in [-0.25, -0.2) is 9.79 Å². The number of amides is 2. The maximum atomic E-state index is 12.1. The van der Waals surface area contributed by atoms with Crippen LogP contribution >= 0.6 is 0 Å². The van der Waals surface area contributed by atoms with Crippen molar-refractivity contribution in [3.05, 3.63) is 23.8 Å². The van der Waals surface area contributed by atoms with Crippen LogP contribution in [0, 0.1) is 11.3 Å². The van der Waals surface area contributed by atoms with Gasteiger partial charge in [-0.15, -0.1) is 0 Å². The van der Waals surface area contributed by atoms with Crippen molar-refractivity contribution in [2.75, 3.05) is 45.7 Å². The first-order chi connectivity index (χ1) is 10.6. The van der Waals surface area contributed by atoms with Gasteiger partial charge < -0.3 is 19.9 Å². The van der Waals surface area contributed by atoms with Crippen molar-refractivity contribution in [3.63, 3.8) is 0 Å². The number of nitriles is 1. The number of anilines is 1. The lowest BCUT2D eigenvalue weighted by atomic mass is 10.2. The number of carbonyl (C=O) groups excluding carboxylic acids is 1. The predicted molar refractivity (Wildman–Crippen MR) is 84.4 cm³/mol. The van der Waals surface area contributed by atoms with E-state index in [2.05, 4.69) is 16.4 Å². The Bertz CT molecular complexity index is 600.